The standard InChI is InChI=1S/C21H15N3O7/c1-3-10-31-17-9-4-13(12-18(17)30-2)11-16-19(25)22-21(27)23(20(16)26)14-5-7-15(8-6-14)24(28)29/h1,4-9,11-12H,10H2,2H3,(H,22,25,27)/b16-11+. The lowest BCUT2D eigenvalue weighted by Gasteiger charge is -2.26. The van der Waals surface area contributed by atoms with Crippen LogP contribution in [0.15, 0.2) is 48.0 Å². The quantitative estimate of drug-likeness (QED) is 0.249. The van der Waals surface area contributed by atoms with E-state index < -0.39 is 22.8 Å². The summed E-state index contributed by atoms with van der Waals surface area (Å²) >= 11 is 0. The van der Waals surface area contributed by atoms with Crippen molar-refractivity contribution in [3.63, 3.8) is 0 Å². The number of hydrogen-bond acceptors (Lipinski definition) is 7. The van der Waals surface area contributed by atoms with Gasteiger partial charge in [-0.1, -0.05) is 12.0 Å². The molecule has 10 nitrogen and oxygen atoms in total. The number of nitrogens with one attached hydrogen (secondary N) is 1. The van der Waals surface area contributed by atoms with Crippen LogP contribution in [0.3, 0.4) is 0 Å². The topological polar surface area (TPSA) is 128 Å². The Morgan fingerprint density at radius 1 is 1.16 bits per heavy atom. The summed E-state index contributed by atoms with van der Waals surface area (Å²) in [5.74, 6) is 1.29. The lowest BCUT2D eigenvalue weighted by atomic mass is 10.1. The minimum Gasteiger partial charge on any atom is -0.493 e. The number of amides is 4. The average molecular weight is 421 g/mol. The molecule has 0 radical (unpaired) electrons. The second-order valence-corrected chi connectivity index (χ2v) is 6.13. The molecule has 2 aromatic rings. The number of ether oxygens (including phenoxy) is 2. The van der Waals surface area contributed by atoms with E-state index in [4.69, 9.17) is 15.9 Å². The van der Waals surface area contributed by atoms with Crippen LogP contribution in [-0.4, -0.2) is 36.5 Å². The highest BCUT2D eigenvalue weighted by Crippen LogP contribution is 2.30. The Kier molecular flexibility index (Phi) is 5.97. The van der Waals surface area contributed by atoms with Crippen molar-refractivity contribution in [3.8, 4) is 23.8 Å². The molecule has 0 bridgehead atoms. The van der Waals surface area contributed by atoms with Crippen LogP contribution in [0.25, 0.3) is 6.08 Å². The van der Waals surface area contributed by atoms with Gasteiger partial charge in [0.05, 0.1) is 17.7 Å². The van der Waals surface area contributed by atoms with Crippen molar-refractivity contribution >= 4 is 35.3 Å². The van der Waals surface area contributed by atoms with Crippen LogP contribution >= 0.6 is 0 Å². The Morgan fingerprint density at radius 3 is 2.48 bits per heavy atom. The van der Waals surface area contributed by atoms with Gasteiger partial charge >= 0.3 is 6.03 Å². The van der Waals surface area contributed by atoms with Crippen molar-refractivity contribution in [2.45, 2.75) is 0 Å². The van der Waals surface area contributed by atoms with Gasteiger partial charge in [-0.15, -0.1) is 6.42 Å². The van der Waals surface area contributed by atoms with E-state index in [9.17, 15) is 24.5 Å². The molecule has 4 amide bonds. The number of carbonyl (C=O) groups is 3. The van der Waals surface area contributed by atoms with E-state index in [1.54, 1.807) is 12.1 Å². The van der Waals surface area contributed by atoms with E-state index >= 15 is 0 Å². The number of carbonyl (C=O) groups excluding carboxylic acids is 3. The average Bonchev–Trinajstić information content (AvgIpc) is 2.75. The molecule has 1 saturated heterocycles. The highest BCUT2D eigenvalue weighted by molar-refractivity contribution is 6.39. The number of nitro benzene ring substituents is 1. The summed E-state index contributed by atoms with van der Waals surface area (Å²) in [6, 6.07) is 8.49. The molecule has 31 heavy (non-hydrogen) atoms. The van der Waals surface area contributed by atoms with E-state index in [-0.39, 0.29) is 23.6 Å². The number of rotatable bonds is 6. The third kappa shape index (κ3) is 4.35. The lowest BCUT2D eigenvalue weighted by molar-refractivity contribution is -0.384. The number of terminal acetylenes is 1. The van der Waals surface area contributed by atoms with E-state index in [1.165, 1.54) is 31.4 Å². The zero-order valence-corrected chi connectivity index (χ0v) is 16.2. The molecule has 0 aromatic heterocycles. The zero-order valence-electron chi connectivity index (χ0n) is 16.2. The fourth-order valence-corrected chi connectivity index (χ4v) is 2.79. The highest BCUT2D eigenvalue weighted by atomic mass is 16.6. The van der Waals surface area contributed by atoms with E-state index in [0.717, 1.165) is 17.0 Å². The van der Waals surface area contributed by atoms with Gasteiger partial charge in [0.2, 0.25) is 0 Å². The molecule has 1 aliphatic rings. The first-order chi connectivity index (χ1) is 14.8. The highest BCUT2D eigenvalue weighted by Gasteiger charge is 2.37. The smallest absolute Gasteiger partial charge is 0.335 e. The van der Waals surface area contributed by atoms with Crippen molar-refractivity contribution in [1.29, 1.82) is 0 Å². The van der Waals surface area contributed by atoms with Gasteiger partial charge in [0.1, 0.15) is 12.2 Å². The van der Waals surface area contributed by atoms with Gasteiger partial charge in [0.15, 0.2) is 11.5 Å². The van der Waals surface area contributed by atoms with Gasteiger partial charge in [0, 0.05) is 12.1 Å². The van der Waals surface area contributed by atoms with E-state index in [2.05, 4.69) is 11.2 Å². The normalized spacial score (nSPS) is 14.8. The Labute approximate surface area is 176 Å². The van der Waals surface area contributed by atoms with Gasteiger partial charge in [0.25, 0.3) is 17.5 Å². The minimum absolute atomic E-state index is 0.0317. The summed E-state index contributed by atoms with van der Waals surface area (Å²) in [6.07, 6.45) is 6.46. The largest absolute Gasteiger partial charge is 0.493 e. The second-order valence-electron chi connectivity index (χ2n) is 6.13. The number of non-ortho nitro benzene ring substituents is 1. The molecule has 0 aliphatic carbocycles. The number of nitro groups is 1. The molecule has 2 aromatic carbocycles. The van der Waals surface area contributed by atoms with Gasteiger partial charge in [-0.2, -0.15) is 0 Å². The Bertz CT molecular complexity index is 1150. The van der Waals surface area contributed by atoms with Crippen molar-refractivity contribution in [2.24, 2.45) is 0 Å². The minimum atomic E-state index is -0.961. The second kappa shape index (κ2) is 8.79. The van der Waals surface area contributed by atoms with Crippen LogP contribution in [0.2, 0.25) is 0 Å². The number of methoxy groups -OCH3 is 1. The molecule has 0 unspecified atom stereocenters. The maximum absolute atomic E-state index is 12.9. The summed E-state index contributed by atoms with van der Waals surface area (Å²) in [7, 11) is 1.42. The molecule has 0 spiro atoms. The van der Waals surface area contributed by atoms with E-state index in [0.29, 0.717) is 17.1 Å². The maximum Gasteiger partial charge on any atom is 0.335 e. The SMILES string of the molecule is C#CCOc1ccc(/C=C2\C(=O)NC(=O)N(c3ccc([N+](=O)[O-])cc3)C2=O)cc1OC. The van der Waals surface area contributed by atoms with Crippen LogP contribution < -0.4 is 19.7 Å². The monoisotopic (exact) mass is 421 g/mol. The van der Waals surface area contributed by atoms with Crippen molar-refractivity contribution in [2.75, 3.05) is 18.6 Å². The first-order valence-electron chi connectivity index (χ1n) is 8.76. The molecular weight excluding hydrogens is 406 g/mol. The van der Waals surface area contributed by atoms with Crippen molar-refractivity contribution in [1.82, 2.24) is 5.32 Å². The third-order valence-corrected chi connectivity index (χ3v) is 4.23. The Morgan fingerprint density at radius 2 is 1.87 bits per heavy atom. The predicted octanol–water partition coefficient (Wildman–Crippen LogP) is 2.28. The Balaban J connectivity index is 1.95. The van der Waals surface area contributed by atoms with Gasteiger partial charge < -0.3 is 9.47 Å². The summed E-state index contributed by atoms with van der Waals surface area (Å²) in [5.41, 5.74) is -0.0134. The molecule has 3 rings (SSSR count). The number of nitrogens with zero attached hydrogens (tertiary/aromatic N) is 2. The van der Waals surface area contributed by atoms with Crippen molar-refractivity contribution < 1.29 is 28.8 Å². The summed E-state index contributed by atoms with van der Waals surface area (Å²) < 4.78 is 10.6. The number of barbiturate groups is 1. The number of imide groups is 2. The van der Waals surface area contributed by atoms with Crippen LogP contribution in [-0.2, 0) is 9.59 Å². The summed E-state index contributed by atoms with van der Waals surface area (Å²) in [5, 5.41) is 12.9. The molecule has 0 saturated carbocycles. The van der Waals surface area contributed by atoms with Gasteiger partial charge in [-0.3, -0.25) is 25.0 Å². The fraction of sp³-hybridized carbons (Fsp3) is 0.0952. The van der Waals surface area contributed by atoms with Crippen LogP contribution in [0.1, 0.15) is 5.56 Å². The molecular formula is C21H15N3O7. The van der Waals surface area contributed by atoms with Gasteiger partial charge in [-0.25, -0.2) is 9.69 Å². The molecule has 156 valence electrons. The number of benzene rings is 2. The van der Waals surface area contributed by atoms with Crippen molar-refractivity contribution in [3.05, 3.63) is 63.7 Å². The summed E-state index contributed by atoms with van der Waals surface area (Å²) in [4.78, 5) is 48.3. The fourth-order valence-electron chi connectivity index (χ4n) is 2.79. The molecule has 1 fully saturated rings. The lowest BCUT2D eigenvalue weighted by Crippen LogP contribution is -2.54. The molecule has 0 atom stereocenters. The van der Waals surface area contributed by atoms with E-state index in [1.807, 2.05) is 0 Å². The van der Waals surface area contributed by atoms with Crippen LogP contribution in [0, 0.1) is 22.5 Å². The number of urea groups is 1. The molecule has 1 aliphatic heterocycles. The third-order valence-electron chi connectivity index (χ3n) is 4.23. The predicted molar refractivity (Wildman–Crippen MR) is 109 cm³/mol. The number of anilines is 1. The first-order valence-corrected chi connectivity index (χ1v) is 8.76. The Hall–Kier alpha value is -4.65. The van der Waals surface area contributed by atoms with Gasteiger partial charge in [-0.05, 0) is 35.9 Å². The first kappa shape index (κ1) is 21.1. The van der Waals surface area contributed by atoms with Crippen LogP contribution in [0.4, 0.5) is 16.2 Å². The maximum atomic E-state index is 12.9. The summed E-state index contributed by atoms with van der Waals surface area (Å²) in [6.45, 7) is 0.0317. The van der Waals surface area contributed by atoms with Crippen LogP contribution in [0.5, 0.6) is 11.5 Å². The molecule has 10 heteroatoms. The molecule has 1 N–H and O–H groups in total. The number of hydrogen-bond donors (Lipinski definition) is 1. The zero-order chi connectivity index (χ0) is 22.5. The molecule has 1 heterocycles.